The molecule has 0 saturated heterocycles. The molecule has 180 valence electrons. The fraction of sp³-hybridized carbons (Fsp3) is 0.333. The summed E-state index contributed by atoms with van der Waals surface area (Å²) in [6, 6.07) is 14.0. The van der Waals surface area contributed by atoms with E-state index in [1.165, 1.54) is 0 Å². The van der Waals surface area contributed by atoms with Gasteiger partial charge in [-0.25, -0.2) is 4.98 Å². The van der Waals surface area contributed by atoms with Crippen LogP contribution in [-0.4, -0.2) is 61.3 Å². The molecule has 0 unspecified atom stereocenters. The van der Waals surface area contributed by atoms with Crippen molar-refractivity contribution in [3.8, 4) is 17.2 Å². The highest BCUT2D eigenvalue weighted by atomic mass is 16.5. The molecule has 1 heterocycles. The fourth-order valence-corrected chi connectivity index (χ4v) is 3.62. The van der Waals surface area contributed by atoms with E-state index in [0.29, 0.717) is 13.0 Å². The first-order chi connectivity index (χ1) is 16.6. The molecule has 0 saturated carbocycles. The van der Waals surface area contributed by atoms with Crippen LogP contribution >= 0.6 is 0 Å². The number of carbonyl (C=O) groups is 1. The van der Waals surface area contributed by atoms with Crippen LogP contribution in [0.15, 0.2) is 67.3 Å². The van der Waals surface area contributed by atoms with E-state index >= 15 is 0 Å². The van der Waals surface area contributed by atoms with Gasteiger partial charge in [-0.1, -0.05) is 24.3 Å². The van der Waals surface area contributed by atoms with Crippen molar-refractivity contribution in [2.75, 3.05) is 40.9 Å². The van der Waals surface area contributed by atoms with Crippen molar-refractivity contribution in [3.05, 3.63) is 78.4 Å². The van der Waals surface area contributed by atoms with Gasteiger partial charge in [0.25, 0.3) is 0 Å². The number of likely N-dealkylation sites (N-methyl/N-ethyl adjacent to an activating group) is 1. The van der Waals surface area contributed by atoms with Crippen LogP contribution in [0.5, 0.6) is 11.5 Å². The van der Waals surface area contributed by atoms with E-state index in [0.717, 1.165) is 54.2 Å². The Morgan fingerprint density at radius 2 is 1.94 bits per heavy atom. The van der Waals surface area contributed by atoms with Crippen molar-refractivity contribution >= 4 is 12.0 Å². The Balaban J connectivity index is 1.31. The number of rotatable bonds is 13. The predicted molar refractivity (Wildman–Crippen MR) is 136 cm³/mol. The summed E-state index contributed by atoms with van der Waals surface area (Å²) in [7, 11) is 5.45. The van der Waals surface area contributed by atoms with Crippen molar-refractivity contribution in [2.24, 2.45) is 0 Å². The number of ether oxygens (including phenoxy) is 2. The van der Waals surface area contributed by atoms with Gasteiger partial charge in [0.05, 0.1) is 20.5 Å². The molecule has 0 aliphatic rings. The van der Waals surface area contributed by atoms with Gasteiger partial charge >= 0.3 is 0 Å². The first kappa shape index (κ1) is 25.1. The number of nitrogens with zero attached hydrogens (tertiary/aromatic N) is 3. The van der Waals surface area contributed by atoms with E-state index in [1.807, 2.05) is 65.4 Å². The second-order valence-electron chi connectivity index (χ2n) is 8.10. The molecule has 1 amide bonds. The minimum atomic E-state index is 0.0371. The van der Waals surface area contributed by atoms with Crippen LogP contribution in [0.2, 0.25) is 0 Å². The minimum absolute atomic E-state index is 0.0371. The van der Waals surface area contributed by atoms with E-state index < -0.39 is 0 Å². The average molecular weight is 463 g/mol. The number of nitrogens with one attached hydrogen (secondary N) is 1. The molecule has 34 heavy (non-hydrogen) atoms. The minimum Gasteiger partial charge on any atom is -0.497 e. The zero-order chi connectivity index (χ0) is 24.2. The zero-order valence-corrected chi connectivity index (χ0v) is 20.2. The quantitative estimate of drug-likeness (QED) is 0.389. The lowest BCUT2D eigenvalue weighted by Gasteiger charge is -2.18. The van der Waals surface area contributed by atoms with Gasteiger partial charge in [0, 0.05) is 37.6 Å². The first-order valence-electron chi connectivity index (χ1n) is 11.5. The highest BCUT2D eigenvalue weighted by Gasteiger charge is 2.07. The van der Waals surface area contributed by atoms with Gasteiger partial charge < -0.3 is 24.3 Å². The third kappa shape index (κ3) is 7.78. The third-order valence-corrected chi connectivity index (χ3v) is 5.60. The molecule has 0 atom stereocenters. The maximum absolute atomic E-state index is 12.1. The summed E-state index contributed by atoms with van der Waals surface area (Å²) < 4.78 is 12.7. The van der Waals surface area contributed by atoms with E-state index in [1.54, 1.807) is 26.7 Å². The standard InChI is InChI=1S/C27H34N4O3/c1-30(18-14-23-20-25(33-2)12-13-26(23)34-3)17-5-15-29-27(32)7-4-6-22-8-10-24(11-9-22)31-19-16-28-21-31/h4,6,8-13,16,19-21H,5,7,14-15,17-18H2,1-3H3,(H,29,32)/b6-4+. The number of imidazole rings is 1. The first-order valence-corrected chi connectivity index (χ1v) is 11.5. The summed E-state index contributed by atoms with van der Waals surface area (Å²) in [6.45, 7) is 2.48. The largest absolute Gasteiger partial charge is 0.497 e. The summed E-state index contributed by atoms with van der Waals surface area (Å²) in [5.41, 5.74) is 3.25. The molecule has 0 spiro atoms. The van der Waals surface area contributed by atoms with E-state index in [4.69, 9.17) is 9.47 Å². The van der Waals surface area contributed by atoms with Crippen molar-refractivity contribution in [1.82, 2.24) is 19.8 Å². The molecular formula is C27H34N4O3. The van der Waals surface area contributed by atoms with Gasteiger partial charge in [-0.05, 0) is 67.9 Å². The van der Waals surface area contributed by atoms with Crippen molar-refractivity contribution in [2.45, 2.75) is 19.3 Å². The highest BCUT2D eigenvalue weighted by molar-refractivity contribution is 5.78. The Morgan fingerprint density at radius 3 is 2.65 bits per heavy atom. The topological polar surface area (TPSA) is 68.6 Å². The molecule has 0 aliphatic carbocycles. The Hall–Kier alpha value is -3.58. The number of carbonyl (C=O) groups excluding carboxylic acids is 1. The van der Waals surface area contributed by atoms with Crippen molar-refractivity contribution in [1.29, 1.82) is 0 Å². The molecule has 2 aromatic carbocycles. The number of aromatic nitrogens is 2. The maximum Gasteiger partial charge on any atom is 0.223 e. The summed E-state index contributed by atoms with van der Waals surface area (Å²) >= 11 is 0. The maximum atomic E-state index is 12.1. The van der Waals surface area contributed by atoms with E-state index in [2.05, 4.69) is 22.2 Å². The second-order valence-corrected chi connectivity index (χ2v) is 8.10. The molecule has 0 fully saturated rings. The normalized spacial score (nSPS) is 11.2. The van der Waals surface area contributed by atoms with E-state index in [9.17, 15) is 4.79 Å². The molecule has 0 bridgehead atoms. The van der Waals surface area contributed by atoms with Crippen LogP contribution in [0.3, 0.4) is 0 Å². The van der Waals surface area contributed by atoms with Crippen molar-refractivity contribution in [3.63, 3.8) is 0 Å². The van der Waals surface area contributed by atoms with Gasteiger partial charge in [0.15, 0.2) is 0 Å². The van der Waals surface area contributed by atoms with Crippen LogP contribution in [0.25, 0.3) is 11.8 Å². The van der Waals surface area contributed by atoms with Gasteiger partial charge in [-0.2, -0.15) is 0 Å². The van der Waals surface area contributed by atoms with Gasteiger partial charge in [0.2, 0.25) is 5.91 Å². The van der Waals surface area contributed by atoms with Crippen LogP contribution in [-0.2, 0) is 11.2 Å². The lowest BCUT2D eigenvalue weighted by atomic mass is 10.1. The summed E-state index contributed by atoms with van der Waals surface area (Å²) in [5.74, 6) is 1.75. The average Bonchev–Trinajstić information content (AvgIpc) is 3.40. The van der Waals surface area contributed by atoms with Crippen LogP contribution < -0.4 is 14.8 Å². The van der Waals surface area contributed by atoms with Gasteiger partial charge in [-0.3, -0.25) is 4.79 Å². The SMILES string of the molecule is COc1ccc(OC)c(CCN(C)CCCNC(=O)C/C=C/c2ccc(-n3ccnc3)cc2)c1. The molecule has 3 rings (SSSR count). The van der Waals surface area contributed by atoms with Crippen molar-refractivity contribution < 1.29 is 14.3 Å². The Morgan fingerprint density at radius 1 is 1.12 bits per heavy atom. The predicted octanol–water partition coefficient (Wildman–Crippen LogP) is 3.97. The molecule has 1 N–H and O–H groups in total. The van der Waals surface area contributed by atoms with Crippen LogP contribution in [0.4, 0.5) is 0 Å². The molecule has 0 radical (unpaired) electrons. The summed E-state index contributed by atoms with van der Waals surface area (Å²) in [6.07, 6.45) is 11.4. The van der Waals surface area contributed by atoms with E-state index in [-0.39, 0.29) is 5.91 Å². The lowest BCUT2D eigenvalue weighted by Crippen LogP contribution is -2.28. The van der Waals surface area contributed by atoms with Crippen LogP contribution in [0.1, 0.15) is 24.0 Å². The fourth-order valence-electron chi connectivity index (χ4n) is 3.62. The summed E-state index contributed by atoms with van der Waals surface area (Å²) in [4.78, 5) is 18.4. The Kier molecular flexibility index (Phi) is 9.73. The number of hydrogen-bond acceptors (Lipinski definition) is 5. The molecule has 3 aromatic rings. The number of hydrogen-bond donors (Lipinski definition) is 1. The zero-order valence-electron chi connectivity index (χ0n) is 20.2. The smallest absolute Gasteiger partial charge is 0.223 e. The number of benzene rings is 2. The third-order valence-electron chi connectivity index (χ3n) is 5.60. The van der Waals surface area contributed by atoms with Crippen LogP contribution in [0, 0.1) is 0 Å². The Labute approximate surface area is 202 Å². The summed E-state index contributed by atoms with van der Waals surface area (Å²) in [5, 5.41) is 3.00. The molecule has 7 nitrogen and oxygen atoms in total. The number of methoxy groups -OCH3 is 2. The highest BCUT2D eigenvalue weighted by Crippen LogP contribution is 2.24. The Bertz CT molecular complexity index is 1050. The monoisotopic (exact) mass is 462 g/mol. The van der Waals surface area contributed by atoms with Gasteiger partial charge in [-0.15, -0.1) is 0 Å². The second kappa shape index (κ2) is 13.2. The molecule has 0 aliphatic heterocycles. The molecule has 7 heteroatoms. The number of amides is 1. The van der Waals surface area contributed by atoms with Gasteiger partial charge in [0.1, 0.15) is 11.5 Å². The lowest BCUT2D eigenvalue weighted by molar-refractivity contribution is -0.120. The molecule has 1 aromatic heterocycles. The molecular weight excluding hydrogens is 428 g/mol.